The number of hydrogen-bond donors (Lipinski definition) is 2. The van der Waals surface area contributed by atoms with E-state index in [1.807, 2.05) is 13.8 Å². The molecule has 2 N–H and O–H groups in total. The zero-order chi connectivity index (χ0) is 15.2. The second-order valence-corrected chi connectivity index (χ2v) is 7.40. The van der Waals surface area contributed by atoms with Gasteiger partial charge in [0.15, 0.2) is 0 Å². The fraction of sp³-hybridized carbons (Fsp3) is 0.286. The average molecular weight is 310 g/mol. The Bertz CT molecular complexity index is 660. The third-order valence-corrected chi connectivity index (χ3v) is 5.24. The van der Waals surface area contributed by atoms with Gasteiger partial charge in [0.1, 0.15) is 0 Å². The first-order chi connectivity index (χ1) is 9.25. The van der Waals surface area contributed by atoms with E-state index in [1.165, 1.54) is 22.7 Å². The van der Waals surface area contributed by atoms with Crippen LogP contribution >= 0.6 is 22.7 Å². The first-order valence-corrected chi connectivity index (χ1v) is 7.55. The standard InChI is InChI=1S/C14H14O4S2/c1-5-9(11(13(15)16)7(3)19-5)10-6(2)20-8(4)12(10)14(17)18/h1-4H3,(H,15,16)(H,17,18). The molecule has 0 bridgehead atoms. The number of aromatic carboxylic acids is 2. The van der Waals surface area contributed by atoms with Crippen molar-refractivity contribution in [3.05, 3.63) is 30.6 Å². The largest absolute Gasteiger partial charge is 0.478 e. The summed E-state index contributed by atoms with van der Waals surface area (Å²) >= 11 is 2.78. The van der Waals surface area contributed by atoms with Gasteiger partial charge in [-0.3, -0.25) is 0 Å². The maximum absolute atomic E-state index is 11.5. The molecule has 4 nitrogen and oxygen atoms in total. The Morgan fingerprint density at radius 3 is 1.25 bits per heavy atom. The zero-order valence-corrected chi connectivity index (χ0v) is 13.2. The van der Waals surface area contributed by atoms with Gasteiger partial charge < -0.3 is 10.2 Å². The molecule has 0 aliphatic carbocycles. The summed E-state index contributed by atoms with van der Waals surface area (Å²) in [5.74, 6) is -2.03. The lowest BCUT2D eigenvalue weighted by Crippen LogP contribution is -2.03. The molecule has 0 aliphatic rings. The number of carbonyl (C=O) groups is 2. The lowest BCUT2D eigenvalue weighted by atomic mass is 9.96. The predicted molar refractivity (Wildman–Crippen MR) is 80.5 cm³/mol. The minimum absolute atomic E-state index is 0.218. The summed E-state index contributed by atoms with van der Waals surface area (Å²) in [5.41, 5.74) is 1.55. The van der Waals surface area contributed by atoms with E-state index in [0.717, 1.165) is 9.75 Å². The van der Waals surface area contributed by atoms with Crippen LogP contribution in [0.3, 0.4) is 0 Å². The van der Waals surface area contributed by atoms with E-state index >= 15 is 0 Å². The van der Waals surface area contributed by atoms with Gasteiger partial charge in [-0.2, -0.15) is 0 Å². The minimum atomic E-state index is -1.01. The quantitative estimate of drug-likeness (QED) is 0.894. The van der Waals surface area contributed by atoms with Crippen LogP contribution in [-0.4, -0.2) is 22.2 Å². The van der Waals surface area contributed by atoms with E-state index in [9.17, 15) is 19.8 Å². The molecule has 0 spiro atoms. The van der Waals surface area contributed by atoms with Crippen LogP contribution in [0.5, 0.6) is 0 Å². The minimum Gasteiger partial charge on any atom is -0.478 e. The van der Waals surface area contributed by atoms with Gasteiger partial charge in [-0.25, -0.2) is 9.59 Å². The van der Waals surface area contributed by atoms with Crippen LogP contribution in [0.15, 0.2) is 0 Å². The summed E-state index contributed by atoms with van der Waals surface area (Å²) in [4.78, 5) is 26.1. The molecule has 20 heavy (non-hydrogen) atoms. The molecule has 0 saturated carbocycles. The molecular weight excluding hydrogens is 296 g/mol. The molecule has 106 valence electrons. The highest BCUT2D eigenvalue weighted by molar-refractivity contribution is 7.13. The van der Waals surface area contributed by atoms with E-state index in [4.69, 9.17) is 0 Å². The maximum Gasteiger partial charge on any atom is 0.337 e. The third kappa shape index (κ3) is 2.14. The molecule has 2 heterocycles. The van der Waals surface area contributed by atoms with Crippen molar-refractivity contribution in [3.63, 3.8) is 0 Å². The van der Waals surface area contributed by atoms with Gasteiger partial charge in [0, 0.05) is 30.6 Å². The van der Waals surface area contributed by atoms with Crippen LogP contribution in [0.25, 0.3) is 11.1 Å². The van der Waals surface area contributed by atoms with Crippen molar-refractivity contribution < 1.29 is 19.8 Å². The van der Waals surface area contributed by atoms with Gasteiger partial charge in [-0.05, 0) is 27.7 Å². The van der Waals surface area contributed by atoms with Crippen LogP contribution in [0.4, 0.5) is 0 Å². The highest BCUT2D eigenvalue weighted by atomic mass is 32.1. The van der Waals surface area contributed by atoms with Crippen LogP contribution in [-0.2, 0) is 0 Å². The van der Waals surface area contributed by atoms with Gasteiger partial charge in [-0.1, -0.05) is 0 Å². The van der Waals surface area contributed by atoms with Crippen LogP contribution in [0, 0.1) is 27.7 Å². The fourth-order valence-electron chi connectivity index (χ4n) is 2.48. The van der Waals surface area contributed by atoms with Crippen LogP contribution in [0.1, 0.15) is 40.2 Å². The Balaban J connectivity index is 2.89. The number of rotatable bonds is 3. The topological polar surface area (TPSA) is 74.6 Å². The summed E-state index contributed by atoms with van der Waals surface area (Å²) in [5, 5.41) is 18.8. The molecule has 0 atom stereocenters. The van der Waals surface area contributed by atoms with Gasteiger partial charge in [0.2, 0.25) is 0 Å². The van der Waals surface area contributed by atoms with Crippen molar-refractivity contribution in [3.8, 4) is 11.1 Å². The SMILES string of the molecule is Cc1sc(C)c(-c2c(C)sc(C)c2C(=O)O)c1C(=O)O. The molecule has 0 fully saturated rings. The predicted octanol–water partition coefficient (Wildman–Crippen LogP) is 4.11. The Morgan fingerprint density at radius 1 is 0.700 bits per heavy atom. The third-order valence-electron chi connectivity index (χ3n) is 3.20. The van der Waals surface area contributed by atoms with E-state index in [2.05, 4.69) is 0 Å². The fourth-order valence-corrected chi connectivity index (χ4v) is 4.60. The summed E-state index contributed by atoms with van der Waals surface area (Å²) < 4.78 is 0. The first-order valence-electron chi connectivity index (χ1n) is 5.92. The van der Waals surface area contributed by atoms with Crippen LogP contribution in [0.2, 0.25) is 0 Å². The number of carboxylic acid groups (broad SMARTS) is 2. The summed E-state index contributed by atoms with van der Waals surface area (Å²) in [6.07, 6.45) is 0. The number of aryl methyl sites for hydroxylation is 4. The van der Waals surface area contributed by atoms with Crippen molar-refractivity contribution in [1.82, 2.24) is 0 Å². The highest BCUT2D eigenvalue weighted by Gasteiger charge is 2.28. The van der Waals surface area contributed by atoms with Crippen molar-refractivity contribution >= 4 is 34.6 Å². The second kappa shape index (κ2) is 5.03. The lowest BCUT2D eigenvalue weighted by molar-refractivity contribution is 0.0684. The molecule has 2 aromatic rings. The first kappa shape index (κ1) is 14.7. The highest BCUT2D eigenvalue weighted by Crippen LogP contribution is 2.43. The molecule has 6 heteroatoms. The van der Waals surface area contributed by atoms with Crippen molar-refractivity contribution in [2.45, 2.75) is 27.7 Å². The molecule has 2 rings (SSSR count). The van der Waals surface area contributed by atoms with E-state index in [0.29, 0.717) is 20.9 Å². The van der Waals surface area contributed by atoms with Gasteiger partial charge in [0.05, 0.1) is 11.1 Å². The summed E-state index contributed by atoms with van der Waals surface area (Å²) in [6, 6.07) is 0. The number of hydrogen-bond acceptors (Lipinski definition) is 4. The van der Waals surface area contributed by atoms with E-state index in [-0.39, 0.29) is 11.1 Å². The number of carboxylic acids is 2. The average Bonchev–Trinajstić information content (AvgIpc) is 2.74. The van der Waals surface area contributed by atoms with Gasteiger partial charge >= 0.3 is 11.9 Å². The Kier molecular flexibility index (Phi) is 3.71. The molecule has 0 aromatic carbocycles. The molecule has 0 unspecified atom stereocenters. The van der Waals surface area contributed by atoms with E-state index in [1.54, 1.807) is 13.8 Å². The maximum atomic E-state index is 11.5. The normalized spacial score (nSPS) is 10.8. The van der Waals surface area contributed by atoms with Gasteiger partial charge in [0.25, 0.3) is 0 Å². The molecular formula is C14H14O4S2. The zero-order valence-electron chi connectivity index (χ0n) is 11.5. The van der Waals surface area contributed by atoms with E-state index < -0.39 is 11.9 Å². The summed E-state index contributed by atoms with van der Waals surface area (Å²) in [7, 11) is 0. The molecule has 0 aliphatic heterocycles. The van der Waals surface area contributed by atoms with Gasteiger partial charge in [-0.15, -0.1) is 22.7 Å². The molecule has 0 amide bonds. The molecule has 0 radical (unpaired) electrons. The summed E-state index contributed by atoms with van der Waals surface area (Å²) in [6.45, 7) is 7.16. The Labute approximate surface area is 124 Å². The number of thiophene rings is 2. The Morgan fingerprint density at radius 2 is 1.00 bits per heavy atom. The smallest absolute Gasteiger partial charge is 0.337 e. The monoisotopic (exact) mass is 310 g/mol. The van der Waals surface area contributed by atoms with Crippen LogP contribution < -0.4 is 0 Å². The molecule has 2 aromatic heterocycles. The van der Waals surface area contributed by atoms with Crippen molar-refractivity contribution in [2.75, 3.05) is 0 Å². The van der Waals surface area contributed by atoms with Crippen molar-refractivity contribution in [2.24, 2.45) is 0 Å². The van der Waals surface area contributed by atoms with Crippen molar-refractivity contribution in [1.29, 1.82) is 0 Å². The second-order valence-electron chi connectivity index (χ2n) is 4.54. The molecule has 0 saturated heterocycles. The Hall–Kier alpha value is -1.66. The lowest BCUT2D eigenvalue weighted by Gasteiger charge is -2.06.